The van der Waals surface area contributed by atoms with Crippen molar-refractivity contribution in [2.45, 2.75) is 19.1 Å². The summed E-state index contributed by atoms with van der Waals surface area (Å²) >= 11 is 1.75. The van der Waals surface area contributed by atoms with Gasteiger partial charge < -0.3 is 4.74 Å². The summed E-state index contributed by atoms with van der Waals surface area (Å²) < 4.78 is 5.57. The van der Waals surface area contributed by atoms with Gasteiger partial charge in [0, 0.05) is 16.9 Å². The van der Waals surface area contributed by atoms with Crippen LogP contribution in [0.15, 0.2) is 29.3 Å². The number of nitrogens with zero attached hydrogens (tertiary/aromatic N) is 1. The topological polar surface area (TPSA) is 38.7 Å². The van der Waals surface area contributed by atoms with Crippen LogP contribution in [0, 0.1) is 0 Å². The molecule has 1 aromatic rings. The van der Waals surface area contributed by atoms with Crippen LogP contribution in [0.25, 0.3) is 0 Å². The van der Waals surface area contributed by atoms with Gasteiger partial charge in [-0.15, -0.1) is 0 Å². The van der Waals surface area contributed by atoms with Crippen molar-refractivity contribution in [3.8, 4) is 0 Å². The van der Waals surface area contributed by atoms with Crippen LogP contribution in [0.3, 0.4) is 0 Å². The average molecular weight is 249 g/mol. The molecular weight excluding hydrogens is 234 g/mol. The van der Waals surface area contributed by atoms with E-state index in [1.807, 2.05) is 37.4 Å². The maximum absolute atomic E-state index is 10.9. The van der Waals surface area contributed by atoms with E-state index >= 15 is 0 Å². The molecule has 0 aliphatic carbocycles. The molecule has 1 heterocycles. The van der Waals surface area contributed by atoms with Gasteiger partial charge in [0.15, 0.2) is 12.4 Å². The number of thioether (sulfide) groups is 1. The molecule has 2 rings (SSSR count). The number of carbonyl (C=O) groups is 1. The Kier molecular flexibility index (Phi) is 3.84. The first-order chi connectivity index (χ1) is 8.26. The third-order valence-corrected chi connectivity index (χ3v) is 3.42. The van der Waals surface area contributed by atoms with Gasteiger partial charge in [0.1, 0.15) is 0 Å². The first-order valence-corrected chi connectivity index (χ1v) is 6.93. The maximum Gasteiger partial charge on any atom is 0.217 e. The maximum atomic E-state index is 10.9. The molecule has 0 fully saturated rings. The molecule has 90 valence electrons. The molecule has 0 saturated heterocycles. The molecule has 2 unspecified atom stereocenters. The molecule has 0 bridgehead atoms. The third kappa shape index (κ3) is 2.52. The number of aldehydes is 1. The zero-order valence-electron chi connectivity index (χ0n) is 9.92. The number of hydrogen-bond donors (Lipinski definition) is 0. The molecule has 4 heteroatoms. The standard InChI is InChI=1S/C13H15NO2S/c1-9(8-17-2)14-13-11-6-4-3-5-10(11)12(7-15)16-13/h3-7,9,12H,8H2,1-2H3. The molecule has 0 N–H and O–H groups in total. The number of rotatable bonds is 4. The zero-order valence-corrected chi connectivity index (χ0v) is 10.7. The van der Waals surface area contributed by atoms with Gasteiger partial charge in [0.05, 0.1) is 6.04 Å². The molecule has 17 heavy (non-hydrogen) atoms. The van der Waals surface area contributed by atoms with E-state index in [2.05, 4.69) is 4.99 Å². The predicted octanol–water partition coefficient (Wildman–Crippen LogP) is 2.45. The van der Waals surface area contributed by atoms with Gasteiger partial charge in [-0.05, 0) is 19.2 Å². The number of ether oxygens (including phenoxy) is 1. The summed E-state index contributed by atoms with van der Waals surface area (Å²) in [7, 11) is 0. The lowest BCUT2D eigenvalue weighted by atomic mass is 10.1. The summed E-state index contributed by atoms with van der Waals surface area (Å²) in [5, 5.41) is 0. The zero-order chi connectivity index (χ0) is 12.3. The summed E-state index contributed by atoms with van der Waals surface area (Å²) in [6.45, 7) is 2.05. The normalized spacial score (nSPS) is 22.0. The smallest absolute Gasteiger partial charge is 0.217 e. The van der Waals surface area contributed by atoms with E-state index in [9.17, 15) is 4.79 Å². The highest BCUT2D eigenvalue weighted by molar-refractivity contribution is 7.98. The first-order valence-electron chi connectivity index (χ1n) is 5.54. The summed E-state index contributed by atoms with van der Waals surface area (Å²) in [5.74, 6) is 1.54. The Balaban J connectivity index is 2.30. The van der Waals surface area contributed by atoms with E-state index in [1.54, 1.807) is 11.8 Å². The van der Waals surface area contributed by atoms with Crippen molar-refractivity contribution >= 4 is 23.9 Å². The Bertz CT molecular complexity index is 445. The Morgan fingerprint density at radius 1 is 1.53 bits per heavy atom. The predicted molar refractivity (Wildman–Crippen MR) is 70.7 cm³/mol. The van der Waals surface area contributed by atoms with Crippen LogP contribution in [-0.4, -0.2) is 30.2 Å². The lowest BCUT2D eigenvalue weighted by Crippen LogP contribution is -2.09. The van der Waals surface area contributed by atoms with Crippen LogP contribution in [0.1, 0.15) is 24.2 Å². The first kappa shape index (κ1) is 12.2. The van der Waals surface area contributed by atoms with E-state index in [0.29, 0.717) is 5.90 Å². The number of aliphatic imine (C=N–C) groups is 1. The summed E-state index contributed by atoms with van der Waals surface area (Å²) in [4.78, 5) is 15.5. The molecule has 0 radical (unpaired) electrons. The van der Waals surface area contributed by atoms with Crippen LogP contribution in [0.5, 0.6) is 0 Å². The average Bonchev–Trinajstić information content (AvgIpc) is 2.68. The van der Waals surface area contributed by atoms with Crippen LogP contribution in [-0.2, 0) is 9.53 Å². The van der Waals surface area contributed by atoms with Crippen molar-refractivity contribution in [3.05, 3.63) is 35.4 Å². The van der Waals surface area contributed by atoms with E-state index in [4.69, 9.17) is 4.74 Å². The monoisotopic (exact) mass is 249 g/mol. The lowest BCUT2D eigenvalue weighted by Gasteiger charge is -2.06. The molecule has 0 spiro atoms. The van der Waals surface area contributed by atoms with Gasteiger partial charge in [-0.1, -0.05) is 18.2 Å². The second kappa shape index (κ2) is 5.36. The van der Waals surface area contributed by atoms with Crippen molar-refractivity contribution in [1.82, 2.24) is 0 Å². The Morgan fingerprint density at radius 3 is 3.00 bits per heavy atom. The second-order valence-electron chi connectivity index (χ2n) is 4.00. The van der Waals surface area contributed by atoms with Gasteiger partial charge in [0.2, 0.25) is 5.90 Å². The van der Waals surface area contributed by atoms with Crippen molar-refractivity contribution < 1.29 is 9.53 Å². The summed E-state index contributed by atoms with van der Waals surface area (Å²) in [6, 6.07) is 7.90. The third-order valence-electron chi connectivity index (χ3n) is 2.61. The Morgan fingerprint density at radius 2 is 2.29 bits per heavy atom. The fourth-order valence-corrected chi connectivity index (χ4v) is 2.42. The van der Waals surface area contributed by atoms with E-state index < -0.39 is 6.10 Å². The van der Waals surface area contributed by atoms with Crippen molar-refractivity contribution in [1.29, 1.82) is 0 Å². The number of benzene rings is 1. The van der Waals surface area contributed by atoms with Crippen molar-refractivity contribution in [2.75, 3.05) is 12.0 Å². The summed E-state index contributed by atoms with van der Waals surface area (Å²) in [5.41, 5.74) is 1.86. The number of fused-ring (bicyclic) bond motifs is 1. The fraction of sp³-hybridized carbons (Fsp3) is 0.385. The molecule has 1 aliphatic rings. The molecule has 0 aromatic heterocycles. The van der Waals surface area contributed by atoms with E-state index in [1.165, 1.54) is 0 Å². The minimum Gasteiger partial charge on any atom is -0.461 e. The van der Waals surface area contributed by atoms with E-state index in [0.717, 1.165) is 23.2 Å². The van der Waals surface area contributed by atoms with Crippen molar-refractivity contribution in [3.63, 3.8) is 0 Å². The highest BCUT2D eigenvalue weighted by atomic mass is 32.2. The second-order valence-corrected chi connectivity index (χ2v) is 4.91. The molecule has 3 nitrogen and oxygen atoms in total. The van der Waals surface area contributed by atoms with Crippen LogP contribution >= 0.6 is 11.8 Å². The van der Waals surface area contributed by atoms with Gasteiger partial charge in [-0.2, -0.15) is 11.8 Å². The Hall–Kier alpha value is -1.29. The van der Waals surface area contributed by atoms with Crippen LogP contribution in [0.2, 0.25) is 0 Å². The minimum absolute atomic E-state index is 0.193. The summed E-state index contributed by atoms with van der Waals surface area (Å²) in [6.07, 6.45) is 2.38. The lowest BCUT2D eigenvalue weighted by molar-refractivity contribution is -0.113. The Labute approximate surface area is 105 Å². The number of hydrogen-bond acceptors (Lipinski definition) is 4. The largest absolute Gasteiger partial charge is 0.461 e. The highest BCUT2D eigenvalue weighted by Crippen LogP contribution is 2.29. The SMILES string of the molecule is CSCC(C)N=C1OC(C=O)c2ccccc21. The van der Waals surface area contributed by atoms with Gasteiger partial charge in [-0.25, -0.2) is 4.99 Å². The molecule has 2 atom stereocenters. The molecular formula is C13H15NO2S. The number of carbonyl (C=O) groups excluding carboxylic acids is 1. The quantitative estimate of drug-likeness (QED) is 0.769. The van der Waals surface area contributed by atoms with Gasteiger partial charge in [-0.3, -0.25) is 4.79 Å². The molecule has 1 aromatic carbocycles. The molecule has 0 amide bonds. The van der Waals surface area contributed by atoms with Crippen LogP contribution < -0.4 is 0 Å². The highest BCUT2D eigenvalue weighted by Gasteiger charge is 2.28. The van der Waals surface area contributed by atoms with E-state index in [-0.39, 0.29) is 6.04 Å². The van der Waals surface area contributed by atoms with Crippen LogP contribution in [0.4, 0.5) is 0 Å². The fourth-order valence-electron chi connectivity index (χ4n) is 1.87. The van der Waals surface area contributed by atoms with Gasteiger partial charge >= 0.3 is 0 Å². The minimum atomic E-state index is -0.494. The molecule has 0 saturated carbocycles. The van der Waals surface area contributed by atoms with Crippen molar-refractivity contribution in [2.24, 2.45) is 4.99 Å². The van der Waals surface area contributed by atoms with Gasteiger partial charge in [0.25, 0.3) is 0 Å². The molecule has 1 aliphatic heterocycles.